The molecule has 25 heavy (non-hydrogen) atoms. The second kappa shape index (κ2) is 7.85. The zero-order valence-corrected chi connectivity index (χ0v) is 15.3. The zero-order valence-electron chi connectivity index (χ0n) is 13.1. The number of amides is 2. The summed E-state index contributed by atoms with van der Waals surface area (Å²) in [6, 6.07) is 11.5. The minimum atomic E-state index is -4.58. The topological polar surface area (TPSA) is 49.4 Å². The van der Waals surface area contributed by atoms with Crippen molar-refractivity contribution in [3.63, 3.8) is 0 Å². The Labute approximate surface area is 156 Å². The predicted octanol–water partition coefficient (Wildman–Crippen LogP) is 4.02. The molecule has 8 heteroatoms. The average molecular weight is 462 g/mol. The van der Waals surface area contributed by atoms with E-state index in [1.165, 1.54) is 25.2 Å². The highest BCUT2D eigenvalue weighted by Crippen LogP contribution is 2.34. The Morgan fingerprint density at radius 3 is 2.32 bits per heavy atom. The van der Waals surface area contributed by atoms with Crippen LogP contribution in [0.4, 0.5) is 18.9 Å². The van der Waals surface area contributed by atoms with Gasteiger partial charge in [-0.2, -0.15) is 13.2 Å². The van der Waals surface area contributed by atoms with Crippen molar-refractivity contribution in [1.29, 1.82) is 0 Å². The fraction of sp³-hybridized carbons (Fsp3) is 0.176. The first kappa shape index (κ1) is 19.2. The van der Waals surface area contributed by atoms with Crippen LogP contribution in [0.5, 0.6) is 0 Å². The molecule has 0 aliphatic rings. The summed E-state index contributed by atoms with van der Waals surface area (Å²) in [5, 5.41) is 2.21. The molecule has 0 aliphatic carbocycles. The molecule has 0 radical (unpaired) electrons. The lowest BCUT2D eigenvalue weighted by atomic mass is 10.1. The van der Waals surface area contributed by atoms with Gasteiger partial charge in [0, 0.05) is 10.6 Å². The van der Waals surface area contributed by atoms with Crippen LogP contribution in [-0.4, -0.2) is 30.3 Å². The van der Waals surface area contributed by atoms with Gasteiger partial charge in [0.15, 0.2) is 0 Å². The standard InChI is InChI=1S/C17H14F3IN2O2/c1-23(16(25)11-6-2-4-8-13(11)21)10-15(24)22-14-9-5-3-7-12(14)17(18,19)20/h2-9H,10H2,1H3,(H,22,24). The molecule has 2 aromatic rings. The van der Waals surface area contributed by atoms with E-state index in [4.69, 9.17) is 0 Å². The first-order chi connectivity index (χ1) is 11.7. The van der Waals surface area contributed by atoms with E-state index in [1.807, 2.05) is 22.6 Å². The lowest BCUT2D eigenvalue weighted by Crippen LogP contribution is -2.35. The lowest BCUT2D eigenvalue weighted by Gasteiger charge is -2.19. The van der Waals surface area contributed by atoms with E-state index >= 15 is 0 Å². The highest BCUT2D eigenvalue weighted by Gasteiger charge is 2.33. The Balaban J connectivity index is 2.08. The Morgan fingerprint density at radius 2 is 1.68 bits per heavy atom. The van der Waals surface area contributed by atoms with Crippen LogP contribution in [0.15, 0.2) is 48.5 Å². The van der Waals surface area contributed by atoms with Crippen molar-refractivity contribution >= 4 is 40.1 Å². The maximum atomic E-state index is 12.9. The van der Waals surface area contributed by atoms with Gasteiger partial charge in [0.05, 0.1) is 23.4 Å². The quantitative estimate of drug-likeness (QED) is 0.699. The molecule has 1 N–H and O–H groups in total. The van der Waals surface area contributed by atoms with Gasteiger partial charge >= 0.3 is 6.18 Å². The summed E-state index contributed by atoms with van der Waals surface area (Å²) < 4.78 is 39.5. The molecule has 0 bridgehead atoms. The third kappa shape index (κ3) is 4.94. The van der Waals surface area contributed by atoms with Gasteiger partial charge < -0.3 is 10.2 Å². The molecule has 0 aliphatic heterocycles. The number of anilines is 1. The van der Waals surface area contributed by atoms with E-state index in [-0.39, 0.29) is 18.1 Å². The molecule has 4 nitrogen and oxygen atoms in total. The van der Waals surface area contributed by atoms with E-state index in [0.29, 0.717) is 5.56 Å². The molecule has 0 saturated carbocycles. The third-order valence-electron chi connectivity index (χ3n) is 3.34. The van der Waals surface area contributed by atoms with Crippen LogP contribution in [0.25, 0.3) is 0 Å². The molecule has 0 unspecified atom stereocenters. The number of nitrogens with zero attached hydrogens (tertiary/aromatic N) is 1. The first-order valence-corrected chi connectivity index (χ1v) is 8.24. The molecule has 0 fully saturated rings. The van der Waals surface area contributed by atoms with Crippen molar-refractivity contribution in [1.82, 2.24) is 4.90 Å². The van der Waals surface area contributed by atoms with E-state index in [1.54, 1.807) is 24.3 Å². The fourth-order valence-corrected chi connectivity index (χ4v) is 2.77. The fourth-order valence-electron chi connectivity index (χ4n) is 2.16. The van der Waals surface area contributed by atoms with Gasteiger partial charge in [0.2, 0.25) is 5.91 Å². The average Bonchev–Trinajstić information content (AvgIpc) is 2.54. The highest BCUT2D eigenvalue weighted by molar-refractivity contribution is 14.1. The summed E-state index contributed by atoms with van der Waals surface area (Å²) in [5.41, 5.74) is -0.848. The summed E-state index contributed by atoms with van der Waals surface area (Å²) in [4.78, 5) is 25.5. The van der Waals surface area contributed by atoms with Gasteiger partial charge in [-0.05, 0) is 46.9 Å². The molecule has 2 amide bonds. The Kier molecular flexibility index (Phi) is 6.04. The molecule has 0 saturated heterocycles. The van der Waals surface area contributed by atoms with Gasteiger partial charge in [-0.3, -0.25) is 9.59 Å². The third-order valence-corrected chi connectivity index (χ3v) is 4.28. The number of hydrogen-bond acceptors (Lipinski definition) is 2. The number of benzene rings is 2. The van der Waals surface area contributed by atoms with Crippen molar-refractivity contribution in [2.24, 2.45) is 0 Å². The number of rotatable bonds is 4. The number of alkyl halides is 3. The number of hydrogen-bond donors (Lipinski definition) is 1. The molecular formula is C17H14F3IN2O2. The Bertz CT molecular complexity index is 793. The number of carbonyl (C=O) groups excluding carboxylic acids is 2. The van der Waals surface area contributed by atoms with E-state index in [2.05, 4.69) is 5.32 Å². The van der Waals surface area contributed by atoms with Gasteiger partial charge in [0.25, 0.3) is 5.91 Å². The van der Waals surface area contributed by atoms with Crippen LogP contribution in [-0.2, 0) is 11.0 Å². The predicted molar refractivity (Wildman–Crippen MR) is 96.2 cm³/mol. The number of nitrogens with one attached hydrogen (secondary N) is 1. The smallest absolute Gasteiger partial charge is 0.332 e. The molecule has 132 valence electrons. The number of para-hydroxylation sites is 1. The maximum Gasteiger partial charge on any atom is 0.418 e. The molecule has 2 aromatic carbocycles. The monoisotopic (exact) mass is 462 g/mol. The van der Waals surface area contributed by atoms with Crippen molar-refractivity contribution in [3.05, 3.63) is 63.2 Å². The number of carbonyl (C=O) groups is 2. The van der Waals surface area contributed by atoms with Crippen LogP contribution >= 0.6 is 22.6 Å². The van der Waals surface area contributed by atoms with E-state index in [0.717, 1.165) is 14.5 Å². The highest BCUT2D eigenvalue weighted by atomic mass is 127. The molecule has 2 rings (SSSR count). The van der Waals surface area contributed by atoms with Crippen molar-refractivity contribution in [3.8, 4) is 0 Å². The minimum absolute atomic E-state index is 0.338. The van der Waals surface area contributed by atoms with Crippen LogP contribution in [0.2, 0.25) is 0 Å². The zero-order chi connectivity index (χ0) is 18.6. The molecule has 0 heterocycles. The van der Waals surface area contributed by atoms with Gasteiger partial charge in [-0.1, -0.05) is 24.3 Å². The second-order valence-corrected chi connectivity index (χ2v) is 6.39. The van der Waals surface area contributed by atoms with Crippen molar-refractivity contribution in [2.45, 2.75) is 6.18 Å². The van der Waals surface area contributed by atoms with Crippen LogP contribution in [0.3, 0.4) is 0 Å². The molecule has 0 atom stereocenters. The summed E-state index contributed by atoms with van der Waals surface area (Å²) >= 11 is 2.00. The van der Waals surface area contributed by atoms with E-state index < -0.39 is 17.6 Å². The maximum absolute atomic E-state index is 12.9. The Hall–Kier alpha value is -2.10. The van der Waals surface area contributed by atoms with Crippen molar-refractivity contribution < 1.29 is 22.8 Å². The second-order valence-electron chi connectivity index (χ2n) is 5.23. The normalized spacial score (nSPS) is 11.1. The summed E-state index contributed by atoms with van der Waals surface area (Å²) in [6.45, 7) is -0.365. The SMILES string of the molecule is CN(CC(=O)Nc1ccccc1C(F)(F)F)C(=O)c1ccccc1I. The first-order valence-electron chi connectivity index (χ1n) is 7.16. The van der Waals surface area contributed by atoms with Crippen LogP contribution in [0, 0.1) is 3.57 Å². The molecule has 0 aromatic heterocycles. The molecular weight excluding hydrogens is 448 g/mol. The van der Waals surface area contributed by atoms with Crippen LogP contribution in [0.1, 0.15) is 15.9 Å². The van der Waals surface area contributed by atoms with Crippen molar-refractivity contribution in [2.75, 3.05) is 18.9 Å². The number of halogens is 4. The van der Waals surface area contributed by atoms with E-state index in [9.17, 15) is 22.8 Å². The largest absolute Gasteiger partial charge is 0.418 e. The summed E-state index contributed by atoms with van der Waals surface area (Å²) in [5.74, 6) is -1.09. The summed E-state index contributed by atoms with van der Waals surface area (Å²) in [6.07, 6.45) is -4.58. The summed E-state index contributed by atoms with van der Waals surface area (Å²) in [7, 11) is 1.42. The van der Waals surface area contributed by atoms with Gasteiger partial charge in [-0.25, -0.2) is 0 Å². The lowest BCUT2D eigenvalue weighted by molar-refractivity contribution is -0.137. The van der Waals surface area contributed by atoms with Crippen LogP contribution < -0.4 is 5.32 Å². The Morgan fingerprint density at radius 1 is 1.08 bits per heavy atom. The van der Waals surface area contributed by atoms with Gasteiger partial charge in [-0.15, -0.1) is 0 Å². The minimum Gasteiger partial charge on any atom is -0.332 e. The number of likely N-dealkylation sites (N-methyl/N-ethyl adjacent to an activating group) is 1. The molecule has 0 spiro atoms. The van der Waals surface area contributed by atoms with Gasteiger partial charge in [0.1, 0.15) is 0 Å².